The van der Waals surface area contributed by atoms with Gasteiger partial charge in [-0.2, -0.15) is 0 Å². The number of amides is 3. The predicted molar refractivity (Wildman–Crippen MR) is 111 cm³/mol. The molecule has 0 spiro atoms. The second-order valence-electron chi connectivity index (χ2n) is 9.52. The molecule has 4 atom stereocenters. The number of primary amides is 1. The maximum Gasteiger partial charge on any atom is 0.318 e. The lowest BCUT2D eigenvalue weighted by Gasteiger charge is -2.56. The van der Waals surface area contributed by atoms with Crippen LogP contribution in [0.25, 0.3) is 0 Å². The third-order valence-electron chi connectivity index (χ3n) is 7.71. The molecular formula is C23H33N3O3. The molecule has 1 aromatic rings. The zero-order valence-corrected chi connectivity index (χ0v) is 17.5. The van der Waals surface area contributed by atoms with Gasteiger partial charge in [-0.05, 0) is 94.0 Å². The number of imide groups is 1. The van der Waals surface area contributed by atoms with E-state index in [0.717, 1.165) is 42.9 Å². The zero-order valence-electron chi connectivity index (χ0n) is 17.5. The number of rotatable bonds is 4. The van der Waals surface area contributed by atoms with Gasteiger partial charge in [0.25, 0.3) is 0 Å². The zero-order chi connectivity index (χ0) is 20.8. The molecule has 6 nitrogen and oxygen atoms in total. The summed E-state index contributed by atoms with van der Waals surface area (Å²) in [4.78, 5) is 26.5. The first-order chi connectivity index (χ1) is 13.8. The van der Waals surface area contributed by atoms with E-state index in [4.69, 9.17) is 5.73 Å². The number of nitrogens with zero attached hydrogens (tertiary/aromatic N) is 1. The van der Waals surface area contributed by atoms with Gasteiger partial charge in [-0.25, -0.2) is 4.79 Å². The summed E-state index contributed by atoms with van der Waals surface area (Å²) in [5.74, 6) is 1.05. The number of phenols is 1. The molecule has 1 aromatic carbocycles. The van der Waals surface area contributed by atoms with Gasteiger partial charge in [0.05, 0.1) is 0 Å². The maximum atomic E-state index is 12.6. The number of aryl methyl sites for hydroxylation is 1. The van der Waals surface area contributed by atoms with Crippen LogP contribution in [0.15, 0.2) is 18.2 Å². The van der Waals surface area contributed by atoms with E-state index in [0.29, 0.717) is 18.4 Å². The summed E-state index contributed by atoms with van der Waals surface area (Å²) < 4.78 is 0. The smallest absolute Gasteiger partial charge is 0.318 e. The first-order valence-corrected chi connectivity index (χ1v) is 10.9. The van der Waals surface area contributed by atoms with E-state index in [2.05, 4.69) is 24.1 Å². The summed E-state index contributed by atoms with van der Waals surface area (Å²) in [6.07, 6.45) is 6.07. The molecule has 0 bridgehead atoms. The Hall–Kier alpha value is -2.08. The number of hydrogen-bond acceptors (Lipinski definition) is 4. The lowest BCUT2D eigenvalue weighted by Crippen LogP contribution is -2.59. The maximum absolute atomic E-state index is 12.6. The normalized spacial score (nSPS) is 32.4. The van der Waals surface area contributed by atoms with Crippen molar-refractivity contribution in [3.63, 3.8) is 0 Å². The van der Waals surface area contributed by atoms with Crippen molar-refractivity contribution < 1.29 is 14.7 Å². The average Bonchev–Trinajstić information content (AvgIpc) is 3.49. The van der Waals surface area contributed by atoms with E-state index in [1.165, 1.54) is 19.4 Å². The quantitative estimate of drug-likeness (QED) is 0.725. The fourth-order valence-electron chi connectivity index (χ4n) is 6.07. The van der Waals surface area contributed by atoms with Gasteiger partial charge >= 0.3 is 6.03 Å². The van der Waals surface area contributed by atoms with Gasteiger partial charge in [-0.3, -0.25) is 10.1 Å². The molecule has 2 aliphatic carbocycles. The molecule has 0 aromatic heterocycles. The highest BCUT2D eigenvalue weighted by atomic mass is 16.3. The van der Waals surface area contributed by atoms with Crippen molar-refractivity contribution in [2.75, 3.05) is 13.1 Å². The van der Waals surface area contributed by atoms with Gasteiger partial charge in [-0.15, -0.1) is 0 Å². The Morgan fingerprint density at radius 2 is 2.03 bits per heavy atom. The summed E-state index contributed by atoms with van der Waals surface area (Å²) >= 11 is 0. The second-order valence-corrected chi connectivity index (χ2v) is 9.52. The first kappa shape index (κ1) is 20.2. The minimum atomic E-state index is -0.785. The molecule has 2 saturated carbocycles. The van der Waals surface area contributed by atoms with E-state index in [1.54, 1.807) is 6.07 Å². The van der Waals surface area contributed by atoms with Crippen LogP contribution in [0.4, 0.5) is 4.79 Å². The largest absolute Gasteiger partial charge is 0.508 e. The minimum Gasteiger partial charge on any atom is -0.508 e. The van der Waals surface area contributed by atoms with Crippen molar-refractivity contribution in [1.82, 2.24) is 10.2 Å². The molecule has 0 radical (unpaired) electrons. The molecule has 1 saturated heterocycles. The number of nitrogens with two attached hydrogens (primary N) is 1. The SMILES string of the molecule is Cc1ccc(O)cc1[C@]12CCN(CC3CC3)C(C)C1CCC(C(=O)NC(N)=O)C2. The number of hydrogen-bond donors (Lipinski definition) is 3. The summed E-state index contributed by atoms with van der Waals surface area (Å²) in [7, 11) is 0. The molecule has 3 aliphatic rings. The number of carbonyl (C=O) groups excluding carboxylic acids is 2. The van der Waals surface area contributed by atoms with E-state index in [1.807, 2.05) is 12.1 Å². The minimum absolute atomic E-state index is 0.166. The molecule has 4 N–H and O–H groups in total. The Labute approximate surface area is 172 Å². The molecule has 158 valence electrons. The van der Waals surface area contributed by atoms with Crippen molar-refractivity contribution >= 4 is 11.9 Å². The Balaban J connectivity index is 1.68. The Morgan fingerprint density at radius 3 is 2.72 bits per heavy atom. The molecule has 6 heteroatoms. The fourth-order valence-corrected chi connectivity index (χ4v) is 6.07. The topological polar surface area (TPSA) is 95.7 Å². The highest BCUT2D eigenvalue weighted by molar-refractivity contribution is 5.94. The number of phenolic OH excluding ortho intramolecular Hbond substituents is 1. The van der Waals surface area contributed by atoms with Gasteiger partial charge < -0.3 is 15.7 Å². The molecular weight excluding hydrogens is 366 g/mol. The first-order valence-electron chi connectivity index (χ1n) is 10.9. The van der Waals surface area contributed by atoms with Crippen molar-refractivity contribution in [2.24, 2.45) is 23.5 Å². The van der Waals surface area contributed by atoms with E-state index in [9.17, 15) is 14.7 Å². The standard InChI is InChI=1S/C23H33N3O3/c1-14-3-7-18(27)11-20(14)23-9-10-26(13-16-4-5-16)15(2)19(23)8-6-17(12-23)21(28)25-22(24)29/h3,7,11,15-17,19,27H,4-6,8-10,12-13H2,1-2H3,(H3,24,25,28,29)/t15?,17?,19?,23-/m0/s1. The third-order valence-corrected chi connectivity index (χ3v) is 7.71. The van der Waals surface area contributed by atoms with Gasteiger partial charge in [-0.1, -0.05) is 6.07 Å². The van der Waals surface area contributed by atoms with E-state index < -0.39 is 6.03 Å². The Morgan fingerprint density at radius 1 is 1.28 bits per heavy atom. The summed E-state index contributed by atoms with van der Waals surface area (Å²) in [5.41, 5.74) is 7.36. The van der Waals surface area contributed by atoms with Crippen LogP contribution in [-0.2, 0) is 10.2 Å². The van der Waals surface area contributed by atoms with Crippen LogP contribution in [-0.4, -0.2) is 41.1 Å². The molecule has 1 heterocycles. The highest BCUT2D eigenvalue weighted by Crippen LogP contribution is 2.54. The van der Waals surface area contributed by atoms with Crippen molar-refractivity contribution in [2.45, 2.75) is 63.8 Å². The number of urea groups is 1. The number of nitrogens with one attached hydrogen (secondary N) is 1. The number of likely N-dealkylation sites (tertiary alicyclic amines) is 1. The molecule has 1 aliphatic heterocycles. The van der Waals surface area contributed by atoms with Crippen LogP contribution in [0.1, 0.15) is 56.6 Å². The van der Waals surface area contributed by atoms with Gasteiger partial charge in [0.15, 0.2) is 0 Å². The van der Waals surface area contributed by atoms with Crippen LogP contribution < -0.4 is 11.1 Å². The van der Waals surface area contributed by atoms with Crippen LogP contribution in [0.2, 0.25) is 0 Å². The third kappa shape index (κ3) is 3.87. The molecule has 3 fully saturated rings. The lowest BCUT2D eigenvalue weighted by molar-refractivity contribution is -0.127. The predicted octanol–water partition coefficient (Wildman–Crippen LogP) is 3.05. The van der Waals surface area contributed by atoms with Crippen molar-refractivity contribution in [1.29, 1.82) is 0 Å². The van der Waals surface area contributed by atoms with E-state index in [-0.39, 0.29) is 23.0 Å². The lowest BCUT2D eigenvalue weighted by atomic mass is 9.54. The fraction of sp³-hybridized carbons (Fsp3) is 0.652. The number of aromatic hydroxyl groups is 1. The summed E-state index contributed by atoms with van der Waals surface area (Å²) in [6, 6.07) is 5.26. The van der Waals surface area contributed by atoms with E-state index >= 15 is 0 Å². The van der Waals surface area contributed by atoms with Crippen LogP contribution >= 0.6 is 0 Å². The van der Waals surface area contributed by atoms with Crippen LogP contribution in [0.3, 0.4) is 0 Å². The van der Waals surface area contributed by atoms with Gasteiger partial charge in [0.2, 0.25) is 5.91 Å². The van der Waals surface area contributed by atoms with Crippen LogP contribution in [0.5, 0.6) is 5.75 Å². The molecule has 29 heavy (non-hydrogen) atoms. The van der Waals surface area contributed by atoms with Gasteiger partial charge in [0, 0.05) is 23.9 Å². The number of carbonyl (C=O) groups is 2. The monoisotopic (exact) mass is 399 g/mol. The number of benzene rings is 1. The summed E-state index contributed by atoms with van der Waals surface area (Å²) in [6.45, 7) is 6.61. The Bertz CT molecular complexity index is 807. The molecule has 4 rings (SSSR count). The average molecular weight is 400 g/mol. The number of piperidine rings is 1. The van der Waals surface area contributed by atoms with Gasteiger partial charge in [0.1, 0.15) is 5.75 Å². The molecule has 3 unspecified atom stereocenters. The molecule has 3 amide bonds. The summed E-state index contributed by atoms with van der Waals surface area (Å²) in [5, 5.41) is 12.5. The second kappa shape index (κ2) is 7.63. The Kier molecular flexibility index (Phi) is 5.32. The highest BCUT2D eigenvalue weighted by Gasteiger charge is 2.53. The van der Waals surface area contributed by atoms with Crippen molar-refractivity contribution in [3.05, 3.63) is 29.3 Å². The van der Waals surface area contributed by atoms with Crippen molar-refractivity contribution in [3.8, 4) is 5.75 Å². The number of fused-ring (bicyclic) bond motifs is 1. The van der Waals surface area contributed by atoms with Crippen LogP contribution in [0, 0.1) is 24.7 Å².